The monoisotopic (exact) mass is 233 g/mol. The van der Waals surface area contributed by atoms with Crippen molar-refractivity contribution in [3.63, 3.8) is 0 Å². The lowest BCUT2D eigenvalue weighted by molar-refractivity contribution is 0.486. The van der Waals surface area contributed by atoms with Crippen molar-refractivity contribution < 1.29 is 0 Å². The molecule has 0 aliphatic carbocycles. The molecular formula is C12H15N3S. The Morgan fingerprint density at radius 3 is 2.75 bits per heavy atom. The van der Waals surface area contributed by atoms with Crippen molar-refractivity contribution in [3.8, 4) is 0 Å². The number of thiophene rings is 1. The normalized spacial score (nSPS) is 14.6. The van der Waals surface area contributed by atoms with Gasteiger partial charge in [-0.1, -0.05) is 0 Å². The van der Waals surface area contributed by atoms with Crippen molar-refractivity contribution in [2.45, 2.75) is 25.9 Å². The Morgan fingerprint density at radius 1 is 1.25 bits per heavy atom. The molecule has 3 nitrogen and oxygen atoms in total. The molecule has 2 aromatic rings. The van der Waals surface area contributed by atoms with Gasteiger partial charge in [-0.2, -0.15) is 11.3 Å². The first-order valence-corrected chi connectivity index (χ1v) is 6.25. The van der Waals surface area contributed by atoms with Crippen LogP contribution in [0.3, 0.4) is 0 Å². The number of hydrogen-bond acceptors (Lipinski definition) is 4. The molecule has 0 radical (unpaired) electrons. The Hall–Kier alpha value is -1.26. The van der Waals surface area contributed by atoms with Gasteiger partial charge in [-0.25, -0.2) is 0 Å². The Bertz CT molecular complexity index is 413. The summed E-state index contributed by atoms with van der Waals surface area (Å²) in [7, 11) is 0. The molecule has 0 aliphatic rings. The summed E-state index contributed by atoms with van der Waals surface area (Å²) in [5.74, 6) is 0. The Balaban J connectivity index is 2.00. The zero-order chi connectivity index (χ0) is 11.4. The largest absolute Gasteiger partial charge is 0.302 e. The zero-order valence-electron chi connectivity index (χ0n) is 9.42. The maximum absolute atomic E-state index is 4.29. The number of nitrogens with one attached hydrogen (secondary N) is 1. The van der Waals surface area contributed by atoms with E-state index in [2.05, 4.69) is 46.0 Å². The maximum atomic E-state index is 4.29. The van der Waals surface area contributed by atoms with E-state index >= 15 is 0 Å². The highest BCUT2D eigenvalue weighted by Crippen LogP contribution is 2.19. The molecule has 2 rings (SSSR count). The predicted octanol–water partition coefficient (Wildman–Crippen LogP) is 2.95. The molecule has 0 aromatic carbocycles. The van der Waals surface area contributed by atoms with Gasteiger partial charge in [0.1, 0.15) is 0 Å². The van der Waals surface area contributed by atoms with Crippen molar-refractivity contribution >= 4 is 11.3 Å². The fourth-order valence-corrected chi connectivity index (χ4v) is 2.37. The molecule has 0 saturated carbocycles. The number of rotatable bonds is 4. The minimum atomic E-state index is 0.212. The van der Waals surface area contributed by atoms with E-state index in [1.807, 2.05) is 0 Å². The molecule has 0 bridgehead atoms. The minimum absolute atomic E-state index is 0.212. The second kappa shape index (κ2) is 5.18. The summed E-state index contributed by atoms with van der Waals surface area (Å²) in [5, 5.41) is 7.77. The van der Waals surface area contributed by atoms with Crippen LogP contribution in [0.15, 0.2) is 35.4 Å². The van der Waals surface area contributed by atoms with E-state index in [4.69, 9.17) is 0 Å². The van der Waals surface area contributed by atoms with Gasteiger partial charge in [0, 0.05) is 30.7 Å². The van der Waals surface area contributed by atoms with Crippen LogP contribution in [-0.4, -0.2) is 9.97 Å². The lowest BCUT2D eigenvalue weighted by atomic mass is 10.1. The van der Waals surface area contributed by atoms with Crippen LogP contribution in [0.25, 0.3) is 0 Å². The predicted molar refractivity (Wildman–Crippen MR) is 66.3 cm³/mol. The van der Waals surface area contributed by atoms with E-state index in [9.17, 15) is 0 Å². The average Bonchev–Trinajstić information content (AvgIpc) is 2.83. The van der Waals surface area contributed by atoms with Gasteiger partial charge < -0.3 is 5.32 Å². The van der Waals surface area contributed by atoms with Crippen LogP contribution in [0.4, 0.5) is 0 Å². The highest BCUT2D eigenvalue weighted by Gasteiger charge is 2.11. The van der Waals surface area contributed by atoms with Gasteiger partial charge in [0.15, 0.2) is 0 Å². The summed E-state index contributed by atoms with van der Waals surface area (Å²) in [6.07, 6.45) is 5.22. The molecule has 0 amide bonds. The van der Waals surface area contributed by atoms with Crippen molar-refractivity contribution in [2.75, 3.05) is 0 Å². The molecule has 2 aromatic heterocycles. The van der Waals surface area contributed by atoms with Crippen LogP contribution >= 0.6 is 11.3 Å². The standard InChI is InChI=1S/C12H15N3S/c1-9(11-3-6-16-8-11)15-10(2)12-7-13-4-5-14-12/h3-10,15H,1-2H3. The lowest BCUT2D eigenvalue weighted by Crippen LogP contribution is -2.22. The van der Waals surface area contributed by atoms with Crippen LogP contribution < -0.4 is 5.32 Å². The van der Waals surface area contributed by atoms with E-state index in [-0.39, 0.29) is 6.04 Å². The molecule has 4 heteroatoms. The van der Waals surface area contributed by atoms with E-state index in [1.54, 1.807) is 29.9 Å². The lowest BCUT2D eigenvalue weighted by Gasteiger charge is -2.18. The first kappa shape index (κ1) is 11.2. The molecule has 0 saturated heterocycles. The summed E-state index contributed by atoms with van der Waals surface area (Å²) in [5.41, 5.74) is 2.30. The van der Waals surface area contributed by atoms with Crippen molar-refractivity contribution in [3.05, 3.63) is 46.7 Å². The quantitative estimate of drug-likeness (QED) is 0.882. The second-order valence-corrected chi connectivity index (χ2v) is 4.58. The van der Waals surface area contributed by atoms with Gasteiger partial charge >= 0.3 is 0 Å². The van der Waals surface area contributed by atoms with E-state index in [1.165, 1.54) is 5.56 Å². The van der Waals surface area contributed by atoms with Crippen molar-refractivity contribution in [1.82, 2.24) is 15.3 Å². The average molecular weight is 233 g/mol. The second-order valence-electron chi connectivity index (χ2n) is 3.80. The molecule has 84 valence electrons. The van der Waals surface area contributed by atoms with E-state index in [0.29, 0.717) is 6.04 Å². The molecule has 2 heterocycles. The molecule has 2 unspecified atom stereocenters. The third-order valence-electron chi connectivity index (χ3n) is 2.57. The van der Waals surface area contributed by atoms with Gasteiger partial charge in [0.05, 0.1) is 5.69 Å². The molecule has 1 N–H and O–H groups in total. The fourth-order valence-electron chi connectivity index (χ4n) is 1.61. The third kappa shape index (κ3) is 2.65. The number of nitrogens with zero attached hydrogens (tertiary/aromatic N) is 2. The SMILES string of the molecule is CC(NC(C)c1cnccn1)c1ccsc1. The third-order valence-corrected chi connectivity index (χ3v) is 3.27. The van der Waals surface area contributed by atoms with Crippen LogP contribution in [0.2, 0.25) is 0 Å². The Kier molecular flexibility index (Phi) is 3.64. The van der Waals surface area contributed by atoms with E-state index in [0.717, 1.165) is 5.69 Å². The van der Waals surface area contributed by atoms with Crippen molar-refractivity contribution in [1.29, 1.82) is 0 Å². The summed E-state index contributed by atoms with van der Waals surface area (Å²) in [6.45, 7) is 4.27. The maximum Gasteiger partial charge on any atom is 0.0753 e. The van der Waals surface area contributed by atoms with E-state index < -0.39 is 0 Å². The Morgan fingerprint density at radius 2 is 2.12 bits per heavy atom. The van der Waals surface area contributed by atoms with Gasteiger partial charge in [-0.3, -0.25) is 9.97 Å². The minimum Gasteiger partial charge on any atom is -0.302 e. The highest BCUT2D eigenvalue weighted by atomic mass is 32.1. The van der Waals surface area contributed by atoms with Gasteiger partial charge in [-0.05, 0) is 36.2 Å². The zero-order valence-corrected chi connectivity index (χ0v) is 10.2. The first-order chi connectivity index (χ1) is 7.77. The van der Waals surface area contributed by atoms with Gasteiger partial charge in [0.2, 0.25) is 0 Å². The van der Waals surface area contributed by atoms with Crippen LogP contribution in [0, 0.1) is 0 Å². The summed E-state index contributed by atoms with van der Waals surface area (Å²) >= 11 is 1.72. The van der Waals surface area contributed by atoms with Crippen LogP contribution in [-0.2, 0) is 0 Å². The summed E-state index contributed by atoms with van der Waals surface area (Å²) < 4.78 is 0. The van der Waals surface area contributed by atoms with Gasteiger partial charge in [0.25, 0.3) is 0 Å². The number of hydrogen-bond donors (Lipinski definition) is 1. The molecular weight excluding hydrogens is 218 g/mol. The molecule has 2 atom stereocenters. The fraction of sp³-hybridized carbons (Fsp3) is 0.333. The topological polar surface area (TPSA) is 37.8 Å². The van der Waals surface area contributed by atoms with Crippen LogP contribution in [0.5, 0.6) is 0 Å². The molecule has 0 spiro atoms. The Labute approximate surface area is 99.6 Å². The molecule has 16 heavy (non-hydrogen) atoms. The van der Waals surface area contributed by atoms with Gasteiger partial charge in [-0.15, -0.1) is 0 Å². The molecule has 0 aliphatic heterocycles. The highest BCUT2D eigenvalue weighted by molar-refractivity contribution is 7.07. The summed E-state index contributed by atoms with van der Waals surface area (Å²) in [4.78, 5) is 8.37. The smallest absolute Gasteiger partial charge is 0.0753 e. The first-order valence-electron chi connectivity index (χ1n) is 5.31. The van der Waals surface area contributed by atoms with Crippen LogP contribution in [0.1, 0.15) is 37.2 Å². The summed E-state index contributed by atoms with van der Waals surface area (Å²) in [6, 6.07) is 2.69. The molecule has 0 fully saturated rings. The number of aromatic nitrogens is 2. The van der Waals surface area contributed by atoms with Crippen molar-refractivity contribution in [2.24, 2.45) is 0 Å².